The Balaban J connectivity index is 1.72. The molecular formula is C12H22N2O4S. The zero-order valence-electron chi connectivity index (χ0n) is 11.0. The minimum atomic E-state index is -2.99. The second kappa shape index (κ2) is 5.76. The van der Waals surface area contributed by atoms with Crippen molar-refractivity contribution in [2.24, 2.45) is 5.41 Å². The summed E-state index contributed by atoms with van der Waals surface area (Å²) in [6, 6.07) is -0.272. The third-order valence-corrected chi connectivity index (χ3v) is 5.73. The van der Waals surface area contributed by atoms with E-state index in [2.05, 4.69) is 10.6 Å². The first kappa shape index (κ1) is 14.7. The predicted molar refractivity (Wildman–Crippen MR) is 71.4 cm³/mol. The van der Waals surface area contributed by atoms with Crippen LogP contribution >= 0.6 is 0 Å². The van der Waals surface area contributed by atoms with Crippen LogP contribution in [0.2, 0.25) is 0 Å². The standard InChI is InChI=1S/C12H22N2O4S/c15-5-3-12(1-2-12)9-14-11(16)7-10-8-19(17,18)6-4-13-10/h10,13,15H,1-9H2,(H,14,16). The number of hydrogen-bond acceptors (Lipinski definition) is 5. The summed E-state index contributed by atoms with van der Waals surface area (Å²) in [6.07, 6.45) is 3.02. The van der Waals surface area contributed by atoms with Gasteiger partial charge in [-0.15, -0.1) is 0 Å². The first-order chi connectivity index (χ1) is 8.95. The molecule has 7 heteroatoms. The highest BCUT2D eigenvalue weighted by Crippen LogP contribution is 2.47. The molecule has 110 valence electrons. The van der Waals surface area contributed by atoms with Gasteiger partial charge in [0, 0.05) is 32.2 Å². The van der Waals surface area contributed by atoms with E-state index in [0.29, 0.717) is 13.1 Å². The zero-order chi connectivity index (χ0) is 13.9. The van der Waals surface area contributed by atoms with Crippen molar-refractivity contribution in [3.05, 3.63) is 0 Å². The summed E-state index contributed by atoms with van der Waals surface area (Å²) >= 11 is 0. The fraction of sp³-hybridized carbons (Fsp3) is 0.917. The van der Waals surface area contributed by atoms with E-state index >= 15 is 0 Å². The number of rotatable bonds is 6. The number of carbonyl (C=O) groups excluding carboxylic acids is 1. The van der Waals surface area contributed by atoms with Gasteiger partial charge < -0.3 is 15.7 Å². The molecule has 1 aliphatic carbocycles. The van der Waals surface area contributed by atoms with Crippen molar-refractivity contribution in [2.75, 3.05) is 31.2 Å². The molecule has 1 atom stereocenters. The molecule has 2 aliphatic rings. The zero-order valence-corrected chi connectivity index (χ0v) is 11.8. The van der Waals surface area contributed by atoms with E-state index in [0.717, 1.165) is 19.3 Å². The molecule has 1 heterocycles. The highest BCUT2D eigenvalue weighted by Gasteiger charge is 2.42. The van der Waals surface area contributed by atoms with Crippen molar-refractivity contribution in [1.82, 2.24) is 10.6 Å². The van der Waals surface area contributed by atoms with Gasteiger partial charge in [0.1, 0.15) is 0 Å². The molecule has 0 aromatic carbocycles. The second-order valence-electron chi connectivity index (χ2n) is 5.72. The van der Waals surface area contributed by atoms with E-state index in [1.165, 1.54) is 0 Å². The van der Waals surface area contributed by atoms with Crippen molar-refractivity contribution in [1.29, 1.82) is 0 Å². The average Bonchev–Trinajstić information content (AvgIpc) is 3.06. The molecule has 0 aromatic heterocycles. The maximum atomic E-state index is 11.8. The third-order valence-electron chi connectivity index (χ3n) is 3.99. The molecule has 1 saturated carbocycles. The van der Waals surface area contributed by atoms with E-state index in [-0.39, 0.29) is 41.9 Å². The molecule has 2 rings (SSSR count). The average molecular weight is 290 g/mol. The largest absolute Gasteiger partial charge is 0.396 e. The van der Waals surface area contributed by atoms with Gasteiger partial charge in [0.2, 0.25) is 5.91 Å². The molecule has 0 aromatic rings. The molecule has 1 saturated heterocycles. The molecule has 0 spiro atoms. The topological polar surface area (TPSA) is 95.5 Å². The number of hydrogen-bond donors (Lipinski definition) is 3. The van der Waals surface area contributed by atoms with E-state index < -0.39 is 9.84 Å². The van der Waals surface area contributed by atoms with Gasteiger partial charge in [-0.3, -0.25) is 4.79 Å². The molecular weight excluding hydrogens is 268 g/mol. The Labute approximate surface area is 113 Å². The van der Waals surface area contributed by atoms with E-state index in [1.54, 1.807) is 0 Å². The Morgan fingerprint density at radius 1 is 1.42 bits per heavy atom. The monoisotopic (exact) mass is 290 g/mol. The van der Waals surface area contributed by atoms with E-state index in [1.807, 2.05) is 0 Å². The third kappa shape index (κ3) is 4.43. The fourth-order valence-electron chi connectivity index (χ4n) is 2.51. The van der Waals surface area contributed by atoms with Gasteiger partial charge in [-0.05, 0) is 24.7 Å². The van der Waals surface area contributed by atoms with Crippen LogP contribution in [0.1, 0.15) is 25.7 Å². The lowest BCUT2D eigenvalue weighted by Crippen LogP contribution is -2.47. The van der Waals surface area contributed by atoms with E-state index in [4.69, 9.17) is 5.11 Å². The summed E-state index contributed by atoms with van der Waals surface area (Å²) < 4.78 is 22.9. The number of aliphatic hydroxyl groups is 1. The van der Waals surface area contributed by atoms with Crippen molar-refractivity contribution in [3.8, 4) is 0 Å². The van der Waals surface area contributed by atoms with Gasteiger partial charge in [-0.25, -0.2) is 8.42 Å². The van der Waals surface area contributed by atoms with Crippen molar-refractivity contribution in [2.45, 2.75) is 31.7 Å². The maximum Gasteiger partial charge on any atom is 0.221 e. The van der Waals surface area contributed by atoms with Crippen LogP contribution in [0.25, 0.3) is 0 Å². The normalized spacial score (nSPS) is 27.7. The van der Waals surface area contributed by atoms with Gasteiger partial charge >= 0.3 is 0 Å². The van der Waals surface area contributed by atoms with Gasteiger partial charge in [0.05, 0.1) is 11.5 Å². The lowest BCUT2D eigenvalue weighted by Gasteiger charge is -2.23. The lowest BCUT2D eigenvalue weighted by atomic mass is 10.0. The van der Waals surface area contributed by atoms with Crippen LogP contribution in [0.4, 0.5) is 0 Å². The van der Waals surface area contributed by atoms with Gasteiger partial charge in [-0.2, -0.15) is 0 Å². The summed E-state index contributed by atoms with van der Waals surface area (Å²) in [5.41, 5.74) is 0.0937. The van der Waals surface area contributed by atoms with Crippen LogP contribution in [0.5, 0.6) is 0 Å². The molecule has 2 fully saturated rings. The van der Waals surface area contributed by atoms with Crippen LogP contribution in [-0.4, -0.2) is 56.7 Å². The molecule has 0 radical (unpaired) electrons. The molecule has 6 nitrogen and oxygen atoms in total. The summed E-state index contributed by atoms with van der Waals surface area (Å²) in [4.78, 5) is 11.8. The summed E-state index contributed by atoms with van der Waals surface area (Å²) in [5, 5.41) is 14.9. The summed E-state index contributed by atoms with van der Waals surface area (Å²) in [7, 11) is -2.99. The summed E-state index contributed by atoms with van der Waals surface area (Å²) in [6.45, 7) is 1.17. The van der Waals surface area contributed by atoms with Crippen LogP contribution in [-0.2, 0) is 14.6 Å². The fourth-order valence-corrected chi connectivity index (χ4v) is 3.95. The molecule has 19 heavy (non-hydrogen) atoms. The first-order valence-electron chi connectivity index (χ1n) is 6.76. The highest BCUT2D eigenvalue weighted by atomic mass is 32.2. The minimum Gasteiger partial charge on any atom is -0.396 e. The van der Waals surface area contributed by atoms with Crippen molar-refractivity contribution >= 4 is 15.7 Å². The van der Waals surface area contributed by atoms with Crippen LogP contribution in [0, 0.1) is 5.41 Å². The van der Waals surface area contributed by atoms with Crippen molar-refractivity contribution < 1.29 is 18.3 Å². The minimum absolute atomic E-state index is 0.0439. The Morgan fingerprint density at radius 2 is 2.16 bits per heavy atom. The number of sulfone groups is 1. The van der Waals surface area contributed by atoms with Gasteiger partial charge in [0.15, 0.2) is 9.84 Å². The van der Waals surface area contributed by atoms with Gasteiger partial charge in [0.25, 0.3) is 0 Å². The van der Waals surface area contributed by atoms with Gasteiger partial charge in [-0.1, -0.05) is 0 Å². The Morgan fingerprint density at radius 3 is 2.74 bits per heavy atom. The smallest absolute Gasteiger partial charge is 0.221 e. The molecule has 1 unspecified atom stereocenters. The number of amides is 1. The molecule has 1 amide bonds. The molecule has 1 aliphatic heterocycles. The Hall–Kier alpha value is -0.660. The highest BCUT2D eigenvalue weighted by molar-refractivity contribution is 7.91. The molecule has 3 N–H and O–H groups in total. The first-order valence-corrected chi connectivity index (χ1v) is 8.58. The van der Waals surface area contributed by atoms with Crippen LogP contribution in [0.3, 0.4) is 0 Å². The SMILES string of the molecule is O=C(CC1CS(=O)(=O)CCN1)NCC1(CCO)CC1. The Kier molecular flexibility index (Phi) is 4.47. The Bertz CT molecular complexity index is 431. The lowest BCUT2D eigenvalue weighted by molar-refractivity contribution is -0.121. The molecule has 0 bridgehead atoms. The maximum absolute atomic E-state index is 11.8. The number of carbonyl (C=O) groups is 1. The number of nitrogens with one attached hydrogen (secondary N) is 2. The van der Waals surface area contributed by atoms with E-state index in [9.17, 15) is 13.2 Å². The van der Waals surface area contributed by atoms with Crippen molar-refractivity contribution in [3.63, 3.8) is 0 Å². The second-order valence-corrected chi connectivity index (χ2v) is 7.95. The number of aliphatic hydroxyl groups excluding tert-OH is 1. The summed E-state index contributed by atoms with van der Waals surface area (Å²) in [5.74, 6) is 0.0891. The quantitative estimate of drug-likeness (QED) is 0.586. The van der Waals surface area contributed by atoms with Crippen LogP contribution in [0.15, 0.2) is 0 Å². The predicted octanol–water partition coefficient (Wildman–Crippen LogP) is -0.958. The van der Waals surface area contributed by atoms with Crippen LogP contribution < -0.4 is 10.6 Å².